The van der Waals surface area contributed by atoms with Crippen molar-refractivity contribution in [2.24, 2.45) is 0 Å². The molecule has 0 aliphatic carbocycles. The van der Waals surface area contributed by atoms with E-state index in [-0.39, 0.29) is 24.5 Å². The van der Waals surface area contributed by atoms with Gasteiger partial charge in [0.25, 0.3) is 0 Å². The van der Waals surface area contributed by atoms with Gasteiger partial charge < -0.3 is 14.4 Å². The quantitative estimate of drug-likeness (QED) is 0.619. The van der Waals surface area contributed by atoms with Crippen molar-refractivity contribution in [3.05, 3.63) is 0 Å². The van der Waals surface area contributed by atoms with Gasteiger partial charge in [-0.15, -0.1) is 0 Å². The molecule has 1 aliphatic heterocycles. The van der Waals surface area contributed by atoms with Crippen LogP contribution in [0.4, 0.5) is 4.79 Å². The van der Waals surface area contributed by atoms with Crippen LogP contribution in [0.5, 0.6) is 0 Å². The fraction of sp³-hybridized carbons (Fsp3) is 0.778. The second-order valence-corrected chi connectivity index (χ2v) is 3.24. The predicted octanol–water partition coefficient (Wildman–Crippen LogP) is 0.780. The lowest BCUT2D eigenvalue weighted by Crippen LogP contribution is -2.36. The van der Waals surface area contributed by atoms with Crippen LogP contribution in [0.1, 0.15) is 19.3 Å². The van der Waals surface area contributed by atoms with E-state index in [0.29, 0.717) is 6.54 Å². The Labute approximate surface area is 83.0 Å². The Morgan fingerprint density at radius 3 is 2.64 bits per heavy atom. The molecule has 1 aliphatic rings. The minimum Gasteiger partial charge on any atom is -0.469 e. The largest absolute Gasteiger partial charge is 0.469 e. The number of hydrogen-bond acceptors (Lipinski definition) is 4. The first-order valence-electron chi connectivity index (χ1n) is 4.60. The maximum Gasteiger partial charge on any atom is 0.409 e. The summed E-state index contributed by atoms with van der Waals surface area (Å²) in [5.41, 5.74) is 0. The topological polar surface area (TPSA) is 55.8 Å². The molecule has 0 aromatic carbocycles. The summed E-state index contributed by atoms with van der Waals surface area (Å²) in [6.07, 6.45) is 1.64. The van der Waals surface area contributed by atoms with Gasteiger partial charge >= 0.3 is 12.1 Å². The zero-order valence-electron chi connectivity index (χ0n) is 8.49. The minimum absolute atomic E-state index is 0.0603. The molecule has 0 spiro atoms. The highest BCUT2D eigenvalue weighted by Gasteiger charge is 2.31. The molecule has 0 N–H and O–H groups in total. The molecule has 5 nitrogen and oxygen atoms in total. The SMILES string of the molecule is COC(=O)CC1CCCN1C(=O)OC. The molecule has 1 fully saturated rings. The van der Waals surface area contributed by atoms with Gasteiger partial charge in [-0.25, -0.2) is 4.79 Å². The van der Waals surface area contributed by atoms with Crippen molar-refractivity contribution in [3.8, 4) is 0 Å². The smallest absolute Gasteiger partial charge is 0.409 e. The third-order valence-electron chi connectivity index (χ3n) is 2.42. The van der Waals surface area contributed by atoms with E-state index in [1.54, 1.807) is 4.90 Å². The van der Waals surface area contributed by atoms with E-state index in [4.69, 9.17) is 0 Å². The van der Waals surface area contributed by atoms with E-state index >= 15 is 0 Å². The minimum atomic E-state index is -0.364. The summed E-state index contributed by atoms with van der Waals surface area (Å²) in [5.74, 6) is -0.286. The molecule has 0 bridgehead atoms. The van der Waals surface area contributed by atoms with Crippen LogP contribution in [0.25, 0.3) is 0 Å². The molecular formula is C9H15NO4. The molecule has 0 aromatic heterocycles. The number of carbonyl (C=O) groups is 2. The number of amides is 1. The Hall–Kier alpha value is -1.26. The number of esters is 1. The summed E-state index contributed by atoms with van der Waals surface area (Å²) in [5, 5.41) is 0. The third-order valence-corrected chi connectivity index (χ3v) is 2.42. The molecule has 5 heteroatoms. The van der Waals surface area contributed by atoms with Crippen LogP contribution in [0, 0.1) is 0 Å². The zero-order valence-corrected chi connectivity index (χ0v) is 8.49. The third kappa shape index (κ3) is 2.37. The van der Waals surface area contributed by atoms with Gasteiger partial charge in [0.1, 0.15) is 0 Å². The summed E-state index contributed by atoms with van der Waals surface area (Å²) in [6, 6.07) is -0.0603. The standard InChI is InChI=1S/C9H15NO4/c1-13-8(11)6-7-4-3-5-10(7)9(12)14-2/h7H,3-6H2,1-2H3. The molecule has 1 atom stereocenters. The number of rotatable bonds is 2. The molecule has 80 valence electrons. The average Bonchev–Trinajstić information content (AvgIpc) is 2.64. The highest BCUT2D eigenvalue weighted by atomic mass is 16.5. The van der Waals surface area contributed by atoms with Gasteiger partial charge in [-0.2, -0.15) is 0 Å². The van der Waals surface area contributed by atoms with Crippen molar-refractivity contribution >= 4 is 12.1 Å². The Kier molecular flexibility index (Phi) is 3.73. The lowest BCUT2D eigenvalue weighted by molar-refractivity contribution is -0.141. The van der Waals surface area contributed by atoms with Gasteiger partial charge in [0.05, 0.1) is 20.6 Å². The first-order valence-corrected chi connectivity index (χ1v) is 4.60. The number of ether oxygens (including phenoxy) is 2. The van der Waals surface area contributed by atoms with Crippen molar-refractivity contribution in [2.45, 2.75) is 25.3 Å². The highest BCUT2D eigenvalue weighted by molar-refractivity contribution is 5.73. The Bertz CT molecular complexity index is 229. The molecular weight excluding hydrogens is 186 g/mol. The number of carbonyl (C=O) groups excluding carboxylic acids is 2. The summed E-state index contributed by atoms with van der Waals surface area (Å²) < 4.78 is 9.17. The van der Waals surface area contributed by atoms with Gasteiger partial charge in [0.2, 0.25) is 0 Å². The molecule has 1 heterocycles. The zero-order chi connectivity index (χ0) is 10.6. The molecule has 1 rings (SSSR count). The molecule has 1 amide bonds. The lowest BCUT2D eigenvalue weighted by Gasteiger charge is -2.21. The van der Waals surface area contributed by atoms with Crippen LogP contribution < -0.4 is 0 Å². The molecule has 0 radical (unpaired) electrons. The number of nitrogens with zero attached hydrogens (tertiary/aromatic N) is 1. The maximum atomic E-state index is 11.2. The van der Waals surface area contributed by atoms with Gasteiger partial charge in [-0.3, -0.25) is 4.79 Å². The maximum absolute atomic E-state index is 11.2. The average molecular weight is 201 g/mol. The summed E-state index contributed by atoms with van der Waals surface area (Å²) >= 11 is 0. The Morgan fingerprint density at radius 1 is 1.36 bits per heavy atom. The van der Waals surface area contributed by atoms with Crippen molar-refractivity contribution in [1.29, 1.82) is 0 Å². The van der Waals surface area contributed by atoms with Gasteiger partial charge in [-0.1, -0.05) is 0 Å². The Morgan fingerprint density at radius 2 is 2.07 bits per heavy atom. The fourth-order valence-electron chi connectivity index (χ4n) is 1.68. The Balaban J connectivity index is 2.51. The van der Waals surface area contributed by atoms with Crippen LogP contribution in [-0.2, 0) is 14.3 Å². The first-order chi connectivity index (χ1) is 6.69. The van der Waals surface area contributed by atoms with Crippen molar-refractivity contribution in [3.63, 3.8) is 0 Å². The second kappa shape index (κ2) is 4.83. The van der Waals surface area contributed by atoms with Gasteiger partial charge in [0.15, 0.2) is 0 Å². The van der Waals surface area contributed by atoms with Crippen LogP contribution in [0.15, 0.2) is 0 Å². The van der Waals surface area contributed by atoms with Crippen LogP contribution in [0.2, 0.25) is 0 Å². The molecule has 14 heavy (non-hydrogen) atoms. The molecule has 1 saturated heterocycles. The van der Waals surface area contributed by atoms with Crippen molar-refractivity contribution in [2.75, 3.05) is 20.8 Å². The van der Waals surface area contributed by atoms with Gasteiger partial charge in [-0.05, 0) is 12.8 Å². The van der Waals surface area contributed by atoms with E-state index in [2.05, 4.69) is 9.47 Å². The normalized spacial score (nSPS) is 20.7. The fourth-order valence-corrected chi connectivity index (χ4v) is 1.68. The van der Waals surface area contributed by atoms with E-state index < -0.39 is 0 Å². The van der Waals surface area contributed by atoms with Crippen LogP contribution >= 0.6 is 0 Å². The summed E-state index contributed by atoms with van der Waals surface area (Å²) in [4.78, 5) is 23.8. The van der Waals surface area contributed by atoms with E-state index in [1.807, 2.05) is 0 Å². The van der Waals surface area contributed by atoms with Crippen molar-refractivity contribution < 1.29 is 19.1 Å². The summed E-state index contributed by atoms with van der Waals surface area (Å²) in [6.45, 7) is 0.661. The second-order valence-electron chi connectivity index (χ2n) is 3.24. The number of methoxy groups -OCH3 is 2. The highest BCUT2D eigenvalue weighted by Crippen LogP contribution is 2.20. The molecule has 0 saturated carbocycles. The summed E-state index contributed by atoms with van der Waals surface area (Å²) in [7, 11) is 2.69. The number of hydrogen-bond donors (Lipinski definition) is 0. The molecule has 0 aromatic rings. The van der Waals surface area contributed by atoms with E-state index in [0.717, 1.165) is 12.8 Å². The van der Waals surface area contributed by atoms with Crippen LogP contribution in [-0.4, -0.2) is 43.8 Å². The van der Waals surface area contributed by atoms with E-state index in [9.17, 15) is 9.59 Å². The van der Waals surface area contributed by atoms with Crippen molar-refractivity contribution in [1.82, 2.24) is 4.90 Å². The first kappa shape index (κ1) is 10.8. The lowest BCUT2D eigenvalue weighted by atomic mass is 10.1. The van der Waals surface area contributed by atoms with Gasteiger partial charge in [0, 0.05) is 12.6 Å². The van der Waals surface area contributed by atoms with Crippen LogP contribution in [0.3, 0.4) is 0 Å². The molecule has 1 unspecified atom stereocenters. The predicted molar refractivity (Wildman–Crippen MR) is 48.8 cm³/mol. The monoisotopic (exact) mass is 201 g/mol. The van der Waals surface area contributed by atoms with E-state index in [1.165, 1.54) is 14.2 Å². The number of likely N-dealkylation sites (tertiary alicyclic amines) is 1.